The van der Waals surface area contributed by atoms with Crippen LogP contribution >= 0.6 is 0 Å². The fourth-order valence-electron chi connectivity index (χ4n) is 1.99. The Balaban J connectivity index is 2.19. The Kier molecular flexibility index (Phi) is 5.23. The normalized spacial score (nSPS) is 10.9. The van der Waals surface area contributed by atoms with Crippen LogP contribution in [0, 0.1) is 0 Å². The zero-order chi connectivity index (χ0) is 17.7. The van der Waals surface area contributed by atoms with E-state index in [4.69, 9.17) is 9.47 Å². The third-order valence-corrected chi connectivity index (χ3v) is 3.02. The summed E-state index contributed by atoms with van der Waals surface area (Å²) in [7, 11) is 3.14. The fraction of sp³-hybridized carbons (Fsp3) is 0.353. The molecule has 2 rings (SSSR count). The van der Waals surface area contributed by atoms with Crippen LogP contribution in [0.3, 0.4) is 0 Å². The molecule has 1 aromatic carbocycles. The van der Waals surface area contributed by atoms with Crippen LogP contribution in [0.25, 0.3) is 0 Å². The van der Waals surface area contributed by atoms with Crippen molar-refractivity contribution in [3.05, 3.63) is 36.2 Å². The van der Waals surface area contributed by atoms with Crippen molar-refractivity contribution in [3.8, 4) is 11.5 Å². The molecule has 7 nitrogen and oxygen atoms in total. The monoisotopic (exact) mass is 330 g/mol. The summed E-state index contributed by atoms with van der Waals surface area (Å²) in [5.41, 5.74) is 0.683. The number of amides is 1. The number of carbonyl (C=O) groups is 1. The van der Waals surface area contributed by atoms with Crippen molar-refractivity contribution in [2.24, 2.45) is 0 Å². The van der Waals surface area contributed by atoms with Crippen molar-refractivity contribution in [2.45, 2.75) is 26.3 Å². The van der Waals surface area contributed by atoms with Crippen molar-refractivity contribution in [1.29, 1.82) is 0 Å². The van der Waals surface area contributed by atoms with Crippen molar-refractivity contribution < 1.29 is 14.3 Å². The van der Waals surface area contributed by atoms with Crippen molar-refractivity contribution in [1.82, 2.24) is 15.3 Å². The molecular formula is C17H22N4O3. The molecule has 2 N–H and O–H groups in total. The molecule has 0 aliphatic carbocycles. The van der Waals surface area contributed by atoms with Gasteiger partial charge in [-0.15, -0.1) is 0 Å². The maximum absolute atomic E-state index is 12.2. The number of nitrogens with zero attached hydrogens (tertiary/aromatic N) is 2. The lowest BCUT2D eigenvalue weighted by molar-refractivity contribution is 0.0914. The molecule has 0 aliphatic rings. The quantitative estimate of drug-likeness (QED) is 0.877. The Bertz CT molecular complexity index is 726. The molecule has 0 radical (unpaired) electrons. The number of methoxy groups -OCH3 is 2. The zero-order valence-corrected chi connectivity index (χ0v) is 14.5. The number of nitrogens with one attached hydrogen (secondary N) is 2. The van der Waals surface area contributed by atoms with Crippen LogP contribution in [0.2, 0.25) is 0 Å². The molecular weight excluding hydrogens is 308 g/mol. The number of carbonyl (C=O) groups excluding carboxylic acids is 1. The first kappa shape index (κ1) is 17.5. The summed E-state index contributed by atoms with van der Waals surface area (Å²) in [4.78, 5) is 20.6. The van der Waals surface area contributed by atoms with Crippen molar-refractivity contribution in [3.63, 3.8) is 0 Å². The molecule has 1 heterocycles. The van der Waals surface area contributed by atoms with Gasteiger partial charge in [-0.2, -0.15) is 0 Å². The van der Waals surface area contributed by atoms with Gasteiger partial charge in [0, 0.05) is 23.5 Å². The maximum atomic E-state index is 12.2. The number of rotatable bonds is 5. The van der Waals surface area contributed by atoms with Gasteiger partial charge in [-0.1, -0.05) is 0 Å². The van der Waals surface area contributed by atoms with Gasteiger partial charge in [0.2, 0.25) is 5.95 Å². The SMILES string of the molecule is COc1ccc(Nc2nccc(C(=O)NC(C)(C)C)n2)cc1OC. The number of hydrogen-bond donors (Lipinski definition) is 2. The molecule has 0 bridgehead atoms. The number of benzene rings is 1. The number of aromatic nitrogens is 2. The van der Waals surface area contributed by atoms with Crippen LogP contribution in [-0.4, -0.2) is 35.6 Å². The standard InChI is InChI=1S/C17H22N4O3/c1-17(2,3)21-15(22)12-8-9-18-16(20-12)19-11-6-7-13(23-4)14(10-11)24-5/h6-10H,1-5H3,(H,21,22)(H,18,19,20). The Morgan fingerprint density at radius 2 is 1.79 bits per heavy atom. The third-order valence-electron chi connectivity index (χ3n) is 3.02. The highest BCUT2D eigenvalue weighted by molar-refractivity contribution is 5.92. The van der Waals surface area contributed by atoms with Gasteiger partial charge in [0.05, 0.1) is 14.2 Å². The molecule has 0 saturated heterocycles. The van der Waals surface area contributed by atoms with E-state index >= 15 is 0 Å². The molecule has 0 unspecified atom stereocenters. The molecule has 0 atom stereocenters. The second-order valence-corrected chi connectivity index (χ2v) is 6.16. The van der Waals surface area contributed by atoms with E-state index in [1.165, 1.54) is 6.20 Å². The van der Waals surface area contributed by atoms with Crippen LogP contribution in [-0.2, 0) is 0 Å². The summed E-state index contributed by atoms with van der Waals surface area (Å²) in [5, 5.41) is 5.92. The van der Waals surface area contributed by atoms with E-state index in [0.29, 0.717) is 23.1 Å². The average molecular weight is 330 g/mol. The lowest BCUT2D eigenvalue weighted by Crippen LogP contribution is -2.41. The van der Waals surface area contributed by atoms with E-state index in [2.05, 4.69) is 20.6 Å². The van der Waals surface area contributed by atoms with E-state index in [0.717, 1.165) is 5.69 Å². The van der Waals surface area contributed by atoms with E-state index in [1.54, 1.807) is 32.4 Å². The summed E-state index contributed by atoms with van der Waals surface area (Å²) in [6.45, 7) is 5.73. The molecule has 1 amide bonds. The van der Waals surface area contributed by atoms with Gasteiger partial charge in [0.15, 0.2) is 11.5 Å². The van der Waals surface area contributed by atoms with Gasteiger partial charge in [0.1, 0.15) is 5.69 Å². The second-order valence-electron chi connectivity index (χ2n) is 6.16. The van der Waals surface area contributed by atoms with E-state index in [-0.39, 0.29) is 11.4 Å². The third kappa shape index (κ3) is 4.58. The zero-order valence-electron chi connectivity index (χ0n) is 14.5. The summed E-state index contributed by atoms with van der Waals surface area (Å²) >= 11 is 0. The van der Waals surface area contributed by atoms with Gasteiger partial charge in [-0.05, 0) is 39.0 Å². The summed E-state index contributed by atoms with van der Waals surface area (Å²) in [6.07, 6.45) is 1.54. The molecule has 24 heavy (non-hydrogen) atoms. The van der Waals surface area contributed by atoms with Crippen LogP contribution in [0.5, 0.6) is 11.5 Å². The minimum atomic E-state index is -0.334. The number of ether oxygens (including phenoxy) is 2. The van der Waals surface area contributed by atoms with Gasteiger partial charge in [-0.25, -0.2) is 9.97 Å². The van der Waals surface area contributed by atoms with E-state index in [9.17, 15) is 4.79 Å². The van der Waals surface area contributed by atoms with E-state index in [1.807, 2.05) is 26.8 Å². The molecule has 0 fully saturated rings. The van der Waals surface area contributed by atoms with Crippen molar-refractivity contribution >= 4 is 17.5 Å². The van der Waals surface area contributed by atoms with E-state index < -0.39 is 0 Å². The minimum Gasteiger partial charge on any atom is -0.493 e. The summed E-state index contributed by atoms with van der Waals surface area (Å²) in [6, 6.07) is 6.93. The average Bonchev–Trinajstić information content (AvgIpc) is 2.53. The molecule has 2 aromatic rings. The Morgan fingerprint density at radius 3 is 2.42 bits per heavy atom. The smallest absolute Gasteiger partial charge is 0.270 e. The molecule has 0 spiro atoms. The fourth-order valence-corrected chi connectivity index (χ4v) is 1.99. The Morgan fingerprint density at radius 1 is 1.08 bits per heavy atom. The Labute approximate surface area is 141 Å². The second kappa shape index (κ2) is 7.16. The molecule has 128 valence electrons. The summed E-state index contributed by atoms with van der Waals surface area (Å²) in [5.74, 6) is 1.29. The molecule has 1 aromatic heterocycles. The van der Waals surface area contributed by atoms with Crippen LogP contribution in [0.1, 0.15) is 31.3 Å². The van der Waals surface area contributed by atoms with Gasteiger partial charge in [0.25, 0.3) is 5.91 Å². The van der Waals surface area contributed by atoms with Gasteiger partial charge >= 0.3 is 0 Å². The molecule has 7 heteroatoms. The first-order valence-corrected chi connectivity index (χ1v) is 7.47. The highest BCUT2D eigenvalue weighted by Crippen LogP contribution is 2.30. The van der Waals surface area contributed by atoms with Crippen molar-refractivity contribution in [2.75, 3.05) is 19.5 Å². The lowest BCUT2D eigenvalue weighted by Gasteiger charge is -2.20. The largest absolute Gasteiger partial charge is 0.493 e. The number of anilines is 2. The van der Waals surface area contributed by atoms with Crippen LogP contribution in [0.4, 0.5) is 11.6 Å². The summed E-state index contributed by atoms with van der Waals surface area (Å²) < 4.78 is 10.5. The number of hydrogen-bond acceptors (Lipinski definition) is 6. The first-order valence-electron chi connectivity index (χ1n) is 7.47. The van der Waals surface area contributed by atoms with Gasteiger partial charge < -0.3 is 20.1 Å². The molecule has 0 saturated carbocycles. The van der Waals surface area contributed by atoms with Crippen LogP contribution in [0.15, 0.2) is 30.5 Å². The predicted octanol–water partition coefficient (Wildman–Crippen LogP) is 2.77. The predicted molar refractivity (Wildman–Crippen MR) is 92.1 cm³/mol. The highest BCUT2D eigenvalue weighted by Gasteiger charge is 2.17. The highest BCUT2D eigenvalue weighted by atomic mass is 16.5. The maximum Gasteiger partial charge on any atom is 0.270 e. The van der Waals surface area contributed by atoms with Gasteiger partial charge in [-0.3, -0.25) is 4.79 Å². The topological polar surface area (TPSA) is 85.4 Å². The molecule has 0 aliphatic heterocycles. The lowest BCUT2D eigenvalue weighted by atomic mass is 10.1. The van der Waals surface area contributed by atoms with Crippen LogP contribution < -0.4 is 20.1 Å². The Hall–Kier alpha value is -2.83. The first-order chi connectivity index (χ1) is 11.3. The minimum absolute atomic E-state index is 0.250.